The average molecular weight is 230 g/mol. The van der Waals surface area contributed by atoms with Crippen LogP contribution in [0.4, 0.5) is 0 Å². The molecule has 2 heterocycles. The first kappa shape index (κ1) is 9.57. The average Bonchev–Trinajstić information content (AvgIpc) is 2.77. The van der Waals surface area contributed by atoms with Gasteiger partial charge < -0.3 is 5.32 Å². The highest BCUT2D eigenvalue weighted by Gasteiger charge is 1.99. The van der Waals surface area contributed by atoms with Gasteiger partial charge in [-0.15, -0.1) is 11.3 Å². The van der Waals surface area contributed by atoms with Crippen molar-refractivity contribution in [3.05, 3.63) is 27.7 Å². The highest BCUT2D eigenvalue weighted by Crippen LogP contribution is 2.17. The predicted octanol–water partition coefficient (Wildman–Crippen LogP) is 1.20. The van der Waals surface area contributed by atoms with Crippen LogP contribution in [0, 0.1) is 0 Å². The van der Waals surface area contributed by atoms with E-state index in [0.717, 1.165) is 10.8 Å². The predicted molar refractivity (Wildman–Crippen MR) is 54.1 cm³/mol. The van der Waals surface area contributed by atoms with Gasteiger partial charge in [0.1, 0.15) is 21.5 Å². The Balaban J connectivity index is 1.78. The quantitative estimate of drug-likeness (QED) is 0.827. The lowest BCUT2D eigenvalue weighted by Gasteiger charge is -1.97. The van der Waals surface area contributed by atoms with Gasteiger partial charge in [-0.2, -0.15) is 5.10 Å². The van der Waals surface area contributed by atoms with Crippen LogP contribution in [0.25, 0.3) is 0 Å². The summed E-state index contributed by atoms with van der Waals surface area (Å²) in [7, 11) is 0. The fraction of sp³-hybridized carbons (Fsp3) is 0.286. The highest BCUT2D eigenvalue weighted by atomic mass is 35.5. The van der Waals surface area contributed by atoms with Crippen molar-refractivity contribution < 1.29 is 0 Å². The van der Waals surface area contributed by atoms with Crippen molar-refractivity contribution in [3.63, 3.8) is 0 Å². The van der Waals surface area contributed by atoms with Gasteiger partial charge in [0.15, 0.2) is 0 Å². The molecule has 0 saturated carbocycles. The summed E-state index contributed by atoms with van der Waals surface area (Å²) >= 11 is 7.21. The SMILES string of the molecule is Clc1cnc(CNCc2ncn[nH]2)s1. The van der Waals surface area contributed by atoms with Crippen LogP contribution in [0.5, 0.6) is 0 Å². The zero-order valence-corrected chi connectivity index (χ0v) is 8.77. The first-order chi connectivity index (χ1) is 6.84. The molecule has 7 heteroatoms. The summed E-state index contributed by atoms with van der Waals surface area (Å²) in [4.78, 5) is 8.09. The van der Waals surface area contributed by atoms with Gasteiger partial charge in [0.25, 0.3) is 0 Å². The smallest absolute Gasteiger partial charge is 0.138 e. The molecule has 0 saturated heterocycles. The molecule has 0 bridgehead atoms. The molecule has 0 aliphatic heterocycles. The standard InChI is InChI=1S/C7H8ClN5S/c8-5-1-10-7(14-5)3-9-2-6-11-4-12-13-6/h1,4,9H,2-3H2,(H,11,12,13). The Hall–Kier alpha value is -0.980. The van der Waals surface area contributed by atoms with Gasteiger partial charge in [0.05, 0.1) is 12.7 Å². The molecule has 0 aliphatic rings. The number of aromatic nitrogens is 4. The third kappa shape index (κ3) is 2.50. The zero-order chi connectivity index (χ0) is 9.80. The number of rotatable bonds is 4. The van der Waals surface area contributed by atoms with Crippen molar-refractivity contribution in [2.75, 3.05) is 0 Å². The largest absolute Gasteiger partial charge is 0.303 e. The molecule has 74 valence electrons. The molecule has 0 aromatic carbocycles. The van der Waals surface area contributed by atoms with E-state index in [-0.39, 0.29) is 0 Å². The first-order valence-electron chi connectivity index (χ1n) is 4.00. The van der Waals surface area contributed by atoms with Crippen LogP contribution in [-0.2, 0) is 13.1 Å². The molecule has 0 unspecified atom stereocenters. The monoisotopic (exact) mass is 229 g/mol. The van der Waals surface area contributed by atoms with E-state index in [1.54, 1.807) is 6.20 Å². The van der Waals surface area contributed by atoms with Crippen molar-refractivity contribution >= 4 is 22.9 Å². The van der Waals surface area contributed by atoms with Gasteiger partial charge in [0, 0.05) is 6.54 Å². The second-order valence-electron chi connectivity index (χ2n) is 2.59. The van der Waals surface area contributed by atoms with Gasteiger partial charge >= 0.3 is 0 Å². The maximum Gasteiger partial charge on any atom is 0.138 e. The van der Waals surface area contributed by atoms with Crippen LogP contribution in [0.15, 0.2) is 12.5 Å². The number of hydrogen-bond donors (Lipinski definition) is 2. The molecule has 0 aliphatic carbocycles. The Morgan fingerprint density at radius 1 is 1.43 bits per heavy atom. The third-order valence-electron chi connectivity index (χ3n) is 1.56. The normalized spacial score (nSPS) is 10.6. The van der Waals surface area contributed by atoms with E-state index in [1.165, 1.54) is 17.7 Å². The van der Waals surface area contributed by atoms with Crippen LogP contribution in [0.1, 0.15) is 10.8 Å². The van der Waals surface area contributed by atoms with Gasteiger partial charge in [-0.3, -0.25) is 5.10 Å². The summed E-state index contributed by atoms with van der Waals surface area (Å²) in [6.07, 6.45) is 3.13. The lowest BCUT2D eigenvalue weighted by atomic mass is 10.5. The molecule has 2 aromatic rings. The van der Waals surface area contributed by atoms with E-state index < -0.39 is 0 Å². The summed E-state index contributed by atoms with van der Waals surface area (Å²) < 4.78 is 0.710. The van der Waals surface area contributed by atoms with Crippen molar-refractivity contribution in [1.82, 2.24) is 25.5 Å². The topological polar surface area (TPSA) is 66.5 Å². The minimum absolute atomic E-state index is 0.650. The van der Waals surface area contributed by atoms with Gasteiger partial charge in [-0.25, -0.2) is 9.97 Å². The van der Waals surface area contributed by atoms with Crippen LogP contribution >= 0.6 is 22.9 Å². The van der Waals surface area contributed by atoms with E-state index in [2.05, 4.69) is 25.5 Å². The van der Waals surface area contributed by atoms with Crippen molar-refractivity contribution in [1.29, 1.82) is 0 Å². The molecule has 2 rings (SSSR count). The fourth-order valence-corrected chi connectivity index (χ4v) is 1.90. The Kier molecular flexibility index (Phi) is 3.07. The lowest BCUT2D eigenvalue weighted by Crippen LogP contribution is -2.13. The molecule has 0 atom stereocenters. The Bertz CT molecular complexity index is 384. The second kappa shape index (κ2) is 4.50. The number of nitrogens with zero attached hydrogens (tertiary/aromatic N) is 3. The molecular formula is C7H8ClN5S. The first-order valence-corrected chi connectivity index (χ1v) is 5.19. The van der Waals surface area contributed by atoms with E-state index >= 15 is 0 Å². The van der Waals surface area contributed by atoms with Crippen LogP contribution in [-0.4, -0.2) is 20.2 Å². The maximum atomic E-state index is 5.74. The minimum atomic E-state index is 0.650. The van der Waals surface area contributed by atoms with E-state index in [9.17, 15) is 0 Å². The van der Waals surface area contributed by atoms with E-state index in [0.29, 0.717) is 17.4 Å². The zero-order valence-electron chi connectivity index (χ0n) is 7.20. The van der Waals surface area contributed by atoms with Gasteiger partial charge in [-0.05, 0) is 0 Å². The van der Waals surface area contributed by atoms with Crippen LogP contribution < -0.4 is 5.32 Å². The molecule has 0 spiro atoms. The summed E-state index contributed by atoms with van der Waals surface area (Å²) in [5, 5.41) is 10.6. The summed E-state index contributed by atoms with van der Waals surface area (Å²) in [6, 6.07) is 0. The Labute approximate surface area is 89.5 Å². The molecule has 0 amide bonds. The Morgan fingerprint density at radius 3 is 3.00 bits per heavy atom. The number of hydrogen-bond acceptors (Lipinski definition) is 5. The third-order valence-corrected chi connectivity index (χ3v) is 2.67. The maximum absolute atomic E-state index is 5.74. The number of nitrogens with one attached hydrogen (secondary N) is 2. The van der Waals surface area contributed by atoms with Gasteiger partial charge in [0.2, 0.25) is 0 Å². The summed E-state index contributed by atoms with van der Waals surface area (Å²) in [6.45, 7) is 1.34. The summed E-state index contributed by atoms with van der Waals surface area (Å²) in [5.74, 6) is 0.813. The Morgan fingerprint density at radius 2 is 2.36 bits per heavy atom. The lowest BCUT2D eigenvalue weighted by molar-refractivity contribution is 0.662. The number of halogens is 1. The summed E-state index contributed by atoms with van der Waals surface area (Å²) in [5.41, 5.74) is 0. The van der Waals surface area contributed by atoms with E-state index in [1.807, 2.05) is 0 Å². The highest BCUT2D eigenvalue weighted by molar-refractivity contribution is 7.15. The number of aromatic amines is 1. The molecule has 5 nitrogen and oxygen atoms in total. The molecule has 2 aromatic heterocycles. The molecule has 2 N–H and O–H groups in total. The van der Waals surface area contributed by atoms with Crippen molar-refractivity contribution in [3.8, 4) is 0 Å². The molecular weight excluding hydrogens is 222 g/mol. The second-order valence-corrected chi connectivity index (χ2v) is 4.34. The van der Waals surface area contributed by atoms with Crippen molar-refractivity contribution in [2.24, 2.45) is 0 Å². The fourth-order valence-electron chi connectivity index (χ4n) is 0.974. The number of thiazole rings is 1. The number of H-pyrrole nitrogens is 1. The van der Waals surface area contributed by atoms with Crippen LogP contribution in [0.2, 0.25) is 4.34 Å². The minimum Gasteiger partial charge on any atom is -0.303 e. The van der Waals surface area contributed by atoms with Gasteiger partial charge in [-0.1, -0.05) is 11.6 Å². The van der Waals surface area contributed by atoms with E-state index in [4.69, 9.17) is 11.6 Å². The van der Waals surface area contributed by atoms with Crippen molar-refractivity contribution in [2.45, 2.75) is 13.1 Å². The molecule has 0 fully saturated rings. The van der Waals surface area contributed by atoms with Crippen LogP contribution in [0.3, 0.4) is 0 Å². The molecule has 0 radical (unpaired) electrons. The molecule has 14 heavy (non-hydrogen) atoms.